The molecule has 31 heavy (non-hydrogen) atoms. The zero-order chi connectivity index (χ0) is 22.2. The number of unbranched alkanes of at least 4 members (excludes halogenated alkanes) is 3. The van der Waals surface area contributed by atoms with Crippen molar-refractivity contribution in [2.24, 2.45) is 0 Å². The van der Waals surface area contributed by atoms with E-state index in [0.717, 1.165) is 44.1 Å². The summed E-state index contributed by atoms with van der Waals surface area (Å²) in [6.07, 6.45) is 6.01. The van der Waals surface area contributed by atoms with Gasteiger partial charge in [-0.2, -0.15) is 4.39 Å². The third-order valence-corrected chi connectivity index (χ3v) is 5.42. The van der Waals surface area contributed by atoms with Gasteiger partial charge < -0.3 is 4.74 Å². The number of ether oxygens (including phenoxy) is 1. The van der Waals surface area contributed by atoms with Crippen LogP contribution in [-0.4, -0.2) is 6.61 Å². The number of hydrogen-bond donors (Lipinski definition) is 0. The van der Waals surface area contributed by atoms with Crippen molar-refractivity contribution in [3.8, 4) is 28.0 Å². The molecular formula is C27H29F3O. The van der Waals surface area contributed by atoms with Gasteiger partial charge in [-0.15, -0.1) is 0 Å². The fraction of sp³-hybridized carbons (Fsp3) is 0.333. The molecule has 0 aliphatic heterocycles. The van der Waals surface area contributed by atoms with Crippen LogP contribution in [0.3, 0.4) is 0 Å². The van der Waals surface area contributed by atoms with Crippen molar-refractivity contribution in [1.29, 1.82) is 0 Å². The second-order valence-corrected chi connectivity index (χ2v) is 7.79. The molecule has 0 saturated carbocycles. The quantitative estimate of drug-likeness (QED) is 0.296. The Labute approximate surface area is 182 Å². The molecule has 0 saturated heterocycles. The van der Waals surface area contributed by atoms with Crippen LogP contribution in [-0.2, 0) is 6.42 Å². The lowest BCUT2D eigenvalue weighted by molar-refractivity contribution is 0.286. The summed E-state index contributed by atoms with van der Waals surface area (Å²) in [5, 5.41) is 0. The van der Waals surface area contributed by atoms with Crippen molar-refractivity contribution in [3.63, 3.8) is 0 Å². The molecule has 0 amide bonds. The lowest BCUT2D eigenvalue weighted by Gasteiger charge is -2.12. The summed E-state index contributed by atoms with van der Waals surface area (Å²) in [5.74, 6) is -2.65. The van der Waals surface area contributed by atoms with Gasteiger partial charge in [0, 0.05) is 11.1 Å². The second kappa shape index (κ2) is 11.0. The molecule has 0 aromatic heterocycles. The predicted molar refractivity (Wildman–Crippen MR) is 121 cm³/mol. The summed E-state index contributed by atoms with van der Waals surface area (Å²) in [6.45, 7) is 4.54. The number of hydrogen-bond acceptors (Lipinski definition) is 1. The molecule has 3 rings (SSSR count). The maximum absolute atomic E-state index is 14.8. The van der Waals surface area contributed by atoms with Crippen molar-refractivity contribution < 1.29 is 17.9 Å². The van der Waals surface area contributed by atoms with Gasteiger partial charge in [0.25, 0.3) is 0 Å². The molecule has 0 unspecified atom stereocenters. The van der Waals surface area contributed by atoms with Gasteiger partial charge in [-0.3, -0.25) is 0 Å². The first-order chi connectivity index (χ1) is 15.0. The van der Waals surface area contributed by atoms with Crippen LogP contribution in [0.2, 0.25) is 0 Å². The maximum atomic E-state index is 14.8. The Morgan fingerprint density at radius 1 is 0.677 bits per heavy atom. The number of halogens is 3. The van der Waals surface area contributed by atoms with Gasteiger partial charge in [0.05, 0.1) is 6.61 Å². The summed E-state index contributed by atoms with van der Waals surface area (Å²) < 4.78 is 49.3. The van der Waals surface area contributed by atoms with Gasteiger partial charge in [0.2, 0.25) is 5.82 Å². The van der Waals surface area contributed by atoms with Gasteiger partial charge in [0.15, 0.2) is 11.6 Å². The summed E-state index contributed by atoms with van der Waals surface area (Å²) in [5.41, 5.74) is 2.71. The third-order valence-electron chi connectivity index (χ3n) is 5.42. The van der Waals surface area contributed by atoms with E-state index in [2.05, 4.69) is 13.8 Å². The van der Waals surface area contributed by atoms with Crippen LogP contribution in [0, 0.1) is 17.5 Å². The van der Waals surface area contributed by atoms with Crippen LogP contribution in [0.5, 0.6) is 5.75 Å². The summed E-state index contributed by atoms with van der Waals surface area (Å²) in [6, 6.07) is 15.1. The van der Waals surface area contributed by atoms with E-state index in [4.69, 9.17) is 4.74 Å². The summed E-state index contributed by atoms with van der Waals surface area (Å²) in [4.78, 5) is 0. The van der Waals surface area contributed by atoms with Gasteiger partial charge in [-0.1, -0.05) is 69.5 Å². The maximum Gasteiger partial charge on any atom is 0.201 e. The van der Waals surface area contributed by atoms with Crippen LogP contribution in [0.25, 0.3) is 22.3 Å². The Kier molecular flexibility index (Phi) is 8.16. The molecule has 1 nitrogen and oxygen atoms in total. The molecule has 3 aromatic carbocycles. The Hall–Kier alpha value is -2.75. The zero-order valence-electron chi connectivity index (χ0n) is 18.2. The number of benzene rings is 3. The molecule has 0 spiro atoms. The second-order valence-electron chi connectivity index (χ2n) is 7.79. The van der Waals surface area contributed by atoms with Crippen molar-refractivity contribution in [2.45, 2.75) is 52.4 Å². The molecule has 0 atom stereocenters. The third kappa shape index (κ3) is 5.69. The Morgan fingerprint density at radius 3 is 2.03 bits per heavy atom. The Balaban J connectivity index is 1.80. The van der Waals surface area contributed by atoms with Gasteiger partial charge in [-0.25, -0.2) is 8.78 Å². The van der Waals surface area contributed by atoms with Crippen molar-refractivity contribution in [3.05, 3.63) is 77.6 Å². The molecule has 4 heteroatoms. The van der Waals surface area contributed by atoms with Crippen LogP contribution in [0.15, 0.2) is 54.6 Å². The van der Waals surface area contributed by atoms with E-state index >= 15 is 0 Å². The predicted octanol–water partition coefficient (Wildman–Crippen LogP) is 8.35. The van der Waals surface area contributed by atoms with E-state index in [1.54, 1.807) is 12.1 Å². The Morgan fingerprint density at radius 2 is 1.35 bits per heavy atom. The highest BCUT2D eigenvalue weighted by Crippen LogP contribution is 2.33. The standard InChI is InChI=1S/C27H29F3O/c1-3-5-7-17-31-25-16-15-23(26(29)27(25)30)21-13-14-22(24(28)18-21)20-11-9-19(10-12-20)8-6-4-2/h9-16,18H,3-8,17H2,1-2H3. The summed E-state index contributed by atoms with van der Waals surface area (Å²) >= 11 is 0. The van der Waals surface area contributed by atoms with Crippen LogP contribution in [0.4, 0.5) is 13.2 Å². The van der Waals surface area contributed by atoms with Crippen LogP contribution >= 0.6 is 0 Å². The van der Waals surface area contributed by atoms with Crippen molar-refractivity contribution in [2.75, 3.05) is 6.61 Å². The summed E-state index contributed by atoms with van der Waals surface area (Å²) in [7, 11) is 0. The molecule has 0 radical (unpaired) electrons. The fourth-order valence-electron chi connectivity index (χ4n) is 3.55. The van der Waals surface area contributed by atoms with E-state index in [0.29, 0.717) is 12.2 Å². The zero-order valence-corrected chi connectivity index (χ0v) is 18.2. The number of rotatable bonds is 10. The minimum atomic E-state index is -1.04. The first kappa shape index (κ1) is 22.9. The minimum Gasteiger partial charge on any atom is -0.490 e. The highest BCUT2D eigenvalue weighted by atomic mass is 19.2. The van der Waals surface area contributed by atoms with Crippen molar-refractivity contribution in [1.82, 2.24) is 0 Å². The van der Waals surface area contributed by atoms with Crippen LogP contribution in [0.1, 0.15) is 51.5 Å². The molecule has 0 aliphatic carbocycles. The highest BCUT2D eigenvalue weighted by Gasteiger charge is 2.17. The fourth-order valence-corrected chi connectivity index (χ4v) is 3.55. The lowest BCUT2D eigenvalue weighted by atomic mass is 9.97. The molecule has 0 N–H and O–H groups in total. The van der Waals surface area contributed by atoms with E-state index in [9.17, 15) is 13.2 Å². The normalized spacial score (nSPS) is 11.0. The monoisotopic (exact) mass is 426 g/mol. The first-order valence-electron chi connectivity index (χ1n) is 11.0. The molecular weight excluding hydrogens is 397 g/mol. The van der Waals surface area contributed by atoms with E-state index in [-0.39, 0.29) is 16.9 Å². The van der Waals surface area contributed by atoms with E-state index < -0.39 is 17.5 Å². The van der Waals surface area contributed by atoms with Gasteiger partial charge >= 0.3 is 0 Å². The van der Waals surface area contributed by atoms with Gasteiger partial charge in [-0.05, 0) is 54.2 Å². The van der Waals surface area contributed by atoms with Crippen LogP contribution < -0.4 is 4.74 Å². The lowest BCUT2D eigenvalue weighted by Crippen LogP contribution is -2.01. The van der Waals surface area contributed by atoms with Crippen molar-refractivity contribution >= 4 is 0 Å². The topological polar surface area (TPSA) is 9.23 Å². The average Bonchev–Trinajstić information content (AvgIpc) is 2.78. The van der Waals surface area contributed by atoms with E-state index in [1.165, 1.54) is 23.8 Å². The molecule has 0 heterocycles. The van der Waals surface area contributed by atoms with Gasteiger partial charge in [0.1, 0.15) is 5.82 Å². The molecule has 3 aromatic rings. The average molecular weight is 427 g/mol. The van der Waals surface area contributed by atoms with E-state index in [1.807, 2.05) is 24.3 Å². The highest BCUT2D eigenvalue weighted by molar-refractivity contribution is 5.72. The number of aryl methyl sites for hydroxylation is 1. The first-order valence-corrected chi connectivity index (χ1v) is 11.0. The smallest absolute Gasteiger partial charge is 0.201 e. The largest absolute Gasteiger partial charge is 0.490 e. The molecule has 0 fully saturated rings. The minimum absolute atomic E-state index is 0.0128. The Bertz CT molecular complexity index is 996. The molecule has 164 valence electrons. The SMILES string of the molecule is CCCCCOc1ccc(-c2ccc(-c3ccc(CCCC)cc3)c(F)c2)c(F)c1F. The molecule has 0 aliphatic rings. The molecule has 0 bridgehead atoms.